The summed E-state index contributed by atoms with van der Waals surface area (Å²) < 4.78 is 18.5. The SMILES string of the molecule is Cc1ccc(C(O)=C2C(=O)C(=O)N(c3cc(C)on3)[C@H]2c2ccc(F)cc2)cc1. The third kappa shape index (κ3) is 3.20. The maximum Gasteiger partial charge on any atom is 0.301 e. The summed E-state index contributed by atoms with van der Waals surface area (Å²) >= 11 is 0. The lowest BCUT2D eigenvalue weighted by Crippen LogP contribution is -2.29. The molecular formula is C22H17FN2O4. The normalized spacial score (nSPS) is 18.4. The Balaban J connectivity index is 1.93. The van der Waals surface area contributed by atoms with Gasteiger partial charge in [-0.05, 0) is 31.5 Å². The van der Waals surface area contributed by atoms with E-state index in [-0.39, 0.29) is 17.2 Å². The zero-order valence-electron chi connectivity index (χ0n) is 15.7. The summed E-state index contributed by atoms with van der Waals surface area (Å²) in [5.74, 6) is -1.86. The maximum absolute atomic E-state index is 13.5. The lowest BCUT2D eigenvalue weighted by Gasteiger charge is -2.22. The first-order chi connectivity index (χ1) is 13.9. The van der Waals surface area contributed by atoms with Crippen molar-refractivity contribution in [3.05, 3.63) is 88.4 Å². The van der Waals surface area contributed by atoms with Crippen LogP contribution in [0.3, 0.4) is 0 Å². The van der Waals surface area contributed by atoms with Crippen LogP contribution in [-0.2, 0) is 9.59 Å². The number of Topliss-reactive ketones (excluding diaryl/α,β-unsaturated/α-hetero) is 1. The van der Waals surface area contributed by atoms with Crippen LogP contribution in [0.1, 0.15) is 28.5 Å². The minimum Gasteiger partial charge on any atom is -0.507 e. The number of aryl methyl sites for hydroxylation is 2. The standard InChI is InChI=1S/C22H17FN2O4/c1-12-3-5-15(6-4-12)20(26)18-19(14-7-9-16(23)10-8-14)25(22(28)21(18)27)17-11-13(2)29-24-17/h3-11,19,26H,1-2H3/t19-/m0/s1. The van der Waals surface area contributed by atoms with E-state index in [4.69, 9.17) is 4.52 Å². The Hall–Kier alpha value is -3.74. The minimum absolute atomic E-state index is 0.0916. The lowest BCUT2D eigenvalue weighted by molar-refractivity contribution is -0.132. The van der Waals surface area contributed by atoms with Crippen molar-refractivity contribution in [2.45, 2.75) is 19.9 Å². The van der Waals surface area contributed by atoms with Gasteiger partial charge in [0.15, 0.2) is 5.82 Å². The summed E-state index contributed by atoms with van der Waals surface area (Å²) in [6.45, 7) is 3.56. The highest BCUT2D eigenvalue weighted by Crippen LogP contribution is 2.41. The fraction of sp³-hybridized carbons (Fsp3) is 0.136. The van der Waals surface area contributed by atoms with E-state index in [0.29, 0.717) is 16.9 Å². The van der Waals surface area contributed by atoms with Gasteiger partial charge in [-0.1, -0.05) is 47.1 Å². The van der Waals surface area contributed by atoms with Crippen LogP contribution < -0.4 is 4.90 Å². The Kier molecular flexibility index (Phi) is 4.50. The molecule has 2 aromatic carbocycles. The minimum atomic E-state index is -0.971. The first-order valence-electron chi connectivity index (χ1n) is 8.93. The van der Waals surface area contributed by atoms with Crippen molar-refractivity contribution in [2.24, 2.45) is 0 Å². The van der Waals surface area contributed by atoms with Crippen LogP contribution in [0.4, 0.5) is 10.2 Å². The topological polar surface area (TPSA) is 83.6 Å². The predicted octanol–water partition coefficient (Wildman–Crippen LogP) is 4.06. The highest BCUT2D eigenvalue weighted by Gasteiger charge is 2.48. The molecule has 1 amide bonds. The van der Waals surface area contributed by atoms with E-state index in [2.05, 4.69) is 5.16 Å². The van der Waals surface area contributed by atoms with Gasteiger partial charge in [-0.2, -0.15) is 0 Å². The molecule has 1 aliphatic rings. The molecule has 0 unspecified atom stereocenters. The van der Waals surface area contributed by atoms with Crippen LogP contribution in [0.15, 0.2) is 64.7 Å². The number of hydrogen-bond acceptors (Lipinski definition) is 5. The second-order valence-electron chi connectivity index (χ2n) is 6.88. The Morgan fingerprint density at radius 3 is 2.31 bits per heavy atom. The van der Waals surface area contributed by atoms with Gasteiger partial charge in [0.25, 0.3) is 5.78 Å². The van der Waals surface area contributed by atoms with Gasteiger partial charge in [0.05, 0.1) is 11.6 Å². The Bertz CT molecular complexity index is 1130. The van der Waals surface area contributed by atoms with Crippen LogP contribution in [-0.4, -0.2) is 22.0 Å². The number of carbonyl (C=O) groups is 2. The average molecular weight is 392 g/mol. The number of hydrogen-bond donors (Lipinski definition) is 1. The number of rotatable bonds is 3. The van der Waals surface area contributed by atoms with Crippen LogP contribution in [0.25, 0.3) is 5.76 Å². The highest BCUT2D eigenvalue weighted by atomic mass is 19.1. The second-order valence-corrected chi connectivity index (χ2v) is 6.88. The van der Waals surface area contributed by atoms with Gasteiger partial charge in [0.1, 0.15) is 17.3 Å². The van der Waals surface area contributed by atoms with E-state index in [9.17, 15) is 19.1 Å². The third-order valence-electron chi connectivity index (χ3n) is 4.82. The zero-order chi connectivity index (χ0) is 20.7. The monoisotopic (exact) mass is 392 g/mol. The molecule has 0 saturated carbocycles. The van der Waals surface area contributed by atoms with Crippen molar-refractivity contribution in [3.8, 4) is 0 Å². The smallest absolute Gasteiger partial charge is 0.301 e. The molecule has 0 radical (unpaired) electrons. The number of aliphatic hydroxyl groups excluding tert-OH is 1. The first kappa shape index (κ1) is 18.6. The van der Waals surface area contributed by atoms with Gasteiger partial charge in [-0.25, -0.2) is 4.39 Å². The largest absolute Gasteiger partial charge is 0.507 e. The van der Waals surface area contributed by atoms with E-state index in [1.165, 1.54) is 30.3 Å². The van der Waals surface area contributed by atoms with Crippen molar-refractivity contribution in [3.63, 3.8) is 0 Å². The van der Waals surface area contributed by atoms with Crippen molar-refractivity contribution in [1.29, 1.82) is 0 Å². The van der Waals surface area contributed by atoms with E-state index in [1.807, 2.05) is 6.92 Å². The van der Waals surface area contributed by atoms with Crippen LogP contribution in [0.5, 0.6) is 0 Å². The summed E-state index contributed by atoms with van der Waals surface area (Å²) in [6.07, 6.45) is 0. The van der Waals surface area contributed by atoms with Crippen LogP contribution in [0.2, 0.25) is 0 Å². The van der Waals surface area contributed by atoms with Gasteiger partial charge in [-0.15, -0.1) is 0 Å². The maximum atomic E-state index is 13.5. The van der Waals surface area contributed by atoms with E-state index in [1.54, 1.807) is 31.2 Å². The molecule has 146 valence electrons. The molecule has 0 bridgehead atoms. The number of carbonyl (C=O) groups excluding carboxylic acids is 2. The van der Waals surface area contributed by atoms with Crippen molar-refractivity contribution in [2.75, 3.05) is 4.90 Å². The van der Waals surface area contributed by atoms with Crippen molar-refractivity contribution in [1.82, 2.24) is 5.16 Å². The van der Waals surface area contributed by atoms with Gasteiger partial charge in [0, 0.05) is 11.6 Å². The summed E-state index contributed by atoms with van der Waals surface area (Å²) in [5.41, 5.74) is 1.75. The number of nitrogens with zero attached hydrogens (tertiary/aromatic N) is 2. The molecule has 1 saturated heterocycles. The Labute approximate surface area is 165 Å². The quantitative estimate of drug-likeness (QED) is 0.413. The Morgan fingerprint density at radius 1 is 1.07 bits per heavy atom. The Morgan fingerprint density at radius 2 is 1.72 bits per heavy atom. The van der Waals surface area contributed by atoms with E-state index >= 15 is 0 Å². The molecule has 1 atom stereocenters. The summed E-state index contributed by atoms with van der Waals surface area (Å²) in [4.78, 5) is 26.9. The fourth-order valence-electron chi connectivity index (χ4n) is 3.36. The molecule has 3 aromatic rings. The average Bonchev–Trinajstić information content (AvgIpc) is 3.24. The van der Waals surface area contributed by atoms with Gasteiger partial charge >= 0.3 is 5.91 Å². The number of halogens is 1. The summed E-state index contributed by atoms with van der Waals surface area (Å²) in [6, 6.07) is 12.9. The van der Waals surface area contributed by atoms with E-state index in [0.717, 1.165) is 10.5 Å². The number of ketones is 1. The molecule has 0 spiro atoms. The highest BCUT2D eigenvalue weighted by molar-refractivity contribution is 6.51. The predicted molar refractivity (Wildman–Crippen MR) is 104 cm³/mol. The number of amides is 1. The molecule has 6 nitrogen and oxygen atoms in total. The fourth-order valence-corrected chi connectivity index (χ4v) is 3.36. The van der Waals surface area contributed by atoms with Crippen molar-refractivity contribution >= 4 is 23.3 Å². The number of aliphatic hydroxyl groups is 1. The molecule has 1 aromatic heterocycles. The zero-order valence-corrected chi connectivity index (χ0v) is 15.7. The van der Waals surface area contributed by atoms with Crippen molar-refractivity contribution < 1.29 is 23.6 Å². The molecular weight excluding hydrogens is 375 g/mol. The van der Waals surface area contributed by atoms with E-state index < -0.39 is 23.5 Å². The van der Waals surface area contributed by atoms with Gasteiger partial charge < -0.3 is 9.63 Å². The summed E-state index contributed by atoms with van der Waals surface area (Å²) in [5, 5.41) is 14.8. The molecule has 1 aliphatic heterocycles. The summed E-state index contributed by atoms with van der Waals surface area (Å²) in [7, 11) is 0. The number of benzene rings is 2. The molecule has 4 rings (SSSR count). The third-order valence-corrected chi connectivity index (χ3v) is 4.82. The molecule has 2 heterocycles. The van der Waals surface area contributed by atoms with Gasteiger partial charge in [-0.3, -0.25) is 14.5 Å². The number of anilines is 1. The molecule has 1 N–H and O–H groups in total. The van der Waals surface area contributed by atoms with Crippen LogP contribution in [0, 0.1) is 19.7 Å². The van der Waals surface area contributed by atoms with Crippen LogP contribution >= 0.6 is 0 Å². The lowest BCUT2D eigenvalue weighted by atomic mass is 9.95. The molecule has 29 heavy (non-hydrogen) atoms. The first-order valence-corrected chi connectivity index (χ1v) is 8.93. The van der Waals surface area contributed by atoms with Gasteiger partial charge in [0.2, 0.25) is 0 Å². The molecule has 7 heteroatoms. The second kappa shape index (κ2) is 7.01. The number of aromatic nitrogens is 1. The molecule has 0 aliphatic carbocycles. The molecule has 1 fully saturated rings.